The molecule has 2 aromatic heterocycles. The largest absolute Gasteiger partial charge is 0.417 e. The second kappa shape index (κ2) is 9.13. The Kier molecular flexibility index (Phi) is 6.73. The molecular formula is C19H22ClF3N6O2. The monoisotopic (exact) mass is 458 g/mol. The van der Waals surface area contributed by atoms with E-state index in [1.54, 1.807) is 4.90 Å². The zero-order chi connectivity index (χ0) is 22.8. The first-order valence-corrected chi connectivity index (χ1v) is 10.00. The number of piperidine rings is 1. The molecular weight excluding hydrogens is 437 g/mol. The number of rotatable bonds is 4. The molecule has 0 atom stereocenters. The van der Waals surface area contributed by atoms with Crippen LogP contribution in [-0.4, -0.2) is 39.7 Å². The third-order valence-corrected chi connectivity index (χ3v) is 5.31. The van der Waals surface area contributed by atoms with Crippen molar-refractivity contribution < 1.29 is 22.8 Å². The summed E-state index contributed by atoms with van der Waals surface area (Å²) in [5, 5.41) is 4.10. The Labute approximate surface area is 181 Å². The van der Waals surface area contributed by atoms with Gasteiger partial charge in [0.25, 0.3) is 5.91 Å². The second-order valence-electron chi connectivity index (χ2n) is 7.41. The van der Waals surface area contributed by atoms with E-state index in [-0.39, 0.29) is 29.2 Å². The van der Waals surface area contributed by atoms with Gasteiger partial charge in [0.1, 0.15) is 12.4 Å². The second-order valence-corrected chi connectivity index (χ2v) is 7.82. The number of aryl methyl sites for hydroxylation is 2. The van der Waals surface area contributed by atoms with Crippen LogP contribution in [0.2, 0.25) is 5.02 Å². The number of halogens is 4. The van der Waals surface area contributed by atoms with Crippen LogP contribution in [0.25, 0.3) is 0 Å². The van der Waals surface area contributed by atoms with Gasteiger partial charge in [-0.15, -0.1) is 0 Å². The summed E-state index contributed by atoms with van der Waals surface area (Å²) in [6.07, 6.45) is -2.88. The summed E-state index contributed by atoms with van der Waals surface area (Å²) in [6.45, 7) is 4.43. The van der Waals surface area contributed by atoms with Gasteiger partial charge in [-0.25, -0.2) is 4.98 Å². The first-order chi connectivity index (χ1) is 14.5. The Morgan fingerprint density at radius 1 is 1.19 bits per heavy atom. The number of hydrogen-bond acceptors (Lipinski definition) is 5. The number of carbonyl (C=O) groups is 2. The molecule has 0 aromatic carbocycles. The van der Waals surface area contributed by atoms with E-state index >= 15 is 0 Å². The molecule has 3 rings (SSSR count). The maximum absolute atomic E-state index is 12.8. The third-order valence-electron chi connectivity index (χ3n) is 5.04. The van der Waals surface area contributed by atoms with Gasteiger partial charge in [0, 0.05) is 30.9 Å². The zero-order valence-corrected chi connectivity index (χ0v) is 17.7. The van der Waals surface area contributed by atoms with Gasteiger partial charge < -0.3 is 4.90 Å². The number of hydrogen-bond donors (Lipinski definition) is 2. The molecule has 1 fully saturated rings. The van der Waals surface area contributed by atoms with Crippen molar-refractivity contribution in [3.8, 4) is 0 Å². The fourth-order valence-corrected chi connectivity index (χ4v) is 3.70. The number of amides is 2. The first kappa shape index (κ1) is 22.9. The number of alkyl halides is 3. The SMILES string of the molecule is Cc1cc(C)n(CC(=O)NNC(=O)C2CCN(c3ncc(C(F)(F)F)cc3Cl)CC2)n1. The van der Waals surface area contributed by atoms with Crippen LogP contribution in [0, 0.1) is 19.8 Å². The Balaban J connectivity index is 1.48. The molecule has 2 aromatic rings. The molecule has 0 spiro atoms. The van der Waals surface area contributed by atoms with Gasteiger partial charge in [-0.3, -0.25) is 25.1 Å². The lowest BCUT2D eigenvalue weighted by molar-refractivity contribution is -0.137. The minimum Gasteiger partial charge on any atom is -0.355 e. The first-order valence-electron chi connectivity index (χ1n) is 9.62. The molecule has 0 saturated carbocycles. The van der Waals surface area contributed by atoms with Crippen LogP contribution in [0.3, 0.4) is 0 Å². The molecule has 2 N–H and O–H groups in total. The maximum Gasteiger partial charge on any atom is 0.417 e. The minimum absolute atomic E-state index is 0.0174. The van der Waals surface area contributed by atoms with Crippen molar-refractivity contribution in [3.05, 3.63) is 40.3 Å². The summed E-state index contributed by atoms with van der Waals surface area (Å²) >= 11 is 5.99. The molecule has 1 aliphatic heterocycles. The van der Waals surface area contributed by atoms with Crippen LogP contribution >= 0.6 is 11.6 Å². The van der Waals surface area contributed by atoms with Gasteiger partial charge in [0.15, 0.2) is 0 Å². The predicted molar refractivity (Wildman–Crippen MR) is 107 cm³/mol. The van der Waals surface area contributed by atoms with Gasteiger partial charge in [0.05, 0.1) is 16.3 Å². The van der Waals surface area contributed by atoms with Crippen LogP contribution < -0.4 is 15.8 Å². The van der Waals surface area contributed by atoms with E-state index in [1.165, 1.54) is 4.68 Å². The minimum atomic E-state index is -4.51. The van der Waals surface area contributed by atoms with Crippen LogP contribution in [0.1, 0.15) is 29.8 Å². The van der Waals surface area contributed by atoms with Crippen LogP contribution in [0.5, 0.6) is 0 Å². The number of pyridine rings is 1. The lowest BCUT2D eigenvalue weighted by Crippen LogP contribution is -2.48. The van der Waals surface area contributed by atoms with Crippen molar-refractivity contribution in [2.45, 2.75) is 39.4 Å². The normalized spacial score (nSPS) is 15.1. The van der Waals surface area contributed by atoms with E-state index in [2.05, 4.69) is 20.9 Å². The highest BCUT2D eigenvalue weighted by Gasteiger charge is 2.33. The zero-order valence-electron chi connectivity index (χ0n) is 17.0. The van der Waals surface area contributed by atoms with Crippen LogP contribution in [0.15, 0.2) is 18.3 Å². The summed E-state index contributed by atoms with van der Waals surface area (Å²) in [5.74, 6) is -0.823. The molecule has 0 aliphatic carbocycles. The summed E-state index contributed by atoms with van der Waals surface area (Å²) in [6, 6.07) is 2.69. The molecule has 3 heterocycles. The predicted octanol–water partition coefficient (Wildman–Crippen LogP) is 2.63. The third kappa shape index (κ3) is 5.66. The quantitative estimate of drug-likeness (QED) is 0.687. The van der Waals surface area contributed by atoms with Crippen molar-refractivity contribution in [2.24, 2.45) is 5.92 Å². The fourth-order valence-electron chi connectivity index (χ4n) is 3.42. The van der Waals surface area contributed by atoms with E-state index in [0.29, 0.717) is 25.9 Å². The molecule has 2 amide bonds. The molecule has 1 aliphatic rings. The van der Waals surface area contributed by atoms with E-state index in [4.69, 9.17) is 11.6 Å². The Bertz CT molecular complexity index is 970. The summed E-state index contributed by atoms with van der Waals surface area (Å²) in [5.41, 5.74) is 5.53. The fraction of sp³-hybridized carbons (Fsp3) is 0.474. The molecule has 0 unspecified atom stereocenters. The summed E-state index contributed by atoms with van der Waals surface area (Å²) in [4.78, 5) is 30.0. The molecule has 1 saturated heterocycles. The Hall–Kier alpha value is -2.82. The lowest BCUT2D eigenvalue weighted by atomic mass is 9.96. The van der Waals surface area contributed by atoms with Gasteiger partial charge in [-0.1, -0.05) is 11.6 Å². The average molecular weight is 459 g/mol. The van der Waals surface area contributed by atoms with E-state index in [0.717, 1.165) is 23.7 Å². The van der Waals surface area contributed by atoms with Gasteiger partial charge in [-0.05, 0) is 38.8 Å². The molecule has 31 heavy (non-hydrogen) atoms. The number of hydrazine groups is 1. The molecule has 12 heteroatoms. The Morgan fingerprint density at radius 2 is 1.87 bits per heavy atom. The topological polar surface area (TPSA) is 92.2 Å². The highest BCUT2D eigenvalue weighted by molar-refractivity contribution is 6.33. The highest BCUT2D eigenvalue weighted by Crippen LogP contribution is 2.34. The van der Waals surface area contributed by atoms with Crippen molar-refractivity contribution in [2.75, 3.05) is 18.0 Å². The highest BCUT2D eigenvalue weighted by atomic mass is 35.5. The van der Waals surface area contributed by atoms with Gasteiger partial charge >= 0.3 is 6.18 Å². The van der Waals surface area contributed by atoms with Crippen molar-refractivity contribution >= 4 is 29.2 Å². The van der Waals surface area contributed by atoms with Crippen molar-refractivity contribution in [1.82, 2.24) is 25.6 Å². The number of anilines is 1. The lowest BCUT2D eigenvalue weighted by Gasteiger charge is -2.32. The van der Waals surface area contributed by atoms with Crippen molar-refractivity contribution in [1.29, 1.82) is 0 Å². The van der Waals surface area contributed by atoms with Gasteiger partial charge in [0.2, 0.25) is 5.91 Å². The summed E-state index contributed by atoms with van der Waals surface area (Å²) in [7, 11) is 0. The molecule has 8 nitrogen and oxygen atoms in total. The summed E-state index contributed by atoms with van der Waals surface area (Å²) < 4.78 is 39.8. The molecule has 0 radical (unpaired) electrons. The number of aromatic nitrogens is 3. The van der Waals surface area contributed by atoms with Crippen LogP contribution in [-0.2, 0) is 22.3 Å². The Morgan fingerprint density at radius 3 is 2.42 bits per heavy atom. The molecule has 168 valence electrons. The van der Waals surface area contributed by atoms with Crippen LogP contribution in [0.4, 0.5) is 19.0 Å². The maximum atomic E-state index is 12.8. The number of nitrogens with one attached hydrogen (secondary N) is 2. The van der Waals surface area contributed by atoms with E-state index in [1.807, 2.05) is 19.9 Å². The van der Waals surface area contributed by atoms with Crippen molar-refractivity contribution in [3.63, 3.8) is 0 Å². The number of nitrogens with zero attached hydrogens (tertiary/aromatic N) is 4. The standard InChI is InChI=1S/C19H22ClF3N6O2/c1-11-7-12(2)29(27-11)10-16(30)25-26-18(31)13-3-5-28(6-4-13)17-15(20)8-14(9-24-17)19(21,22)23/h7-9,13H,3-6,10H2,1-2H3,(H,25,30)(H,26,31). The van der Waals surface area contributed by atoms with Gasteiger partial charge in [-0.2, -0.15) is 18.3 Å². The van der Waals surface area contributed by atoms with E-state index in [9.17, 15) is 22.8 Å². The molecule has 0 bridgehead atoms. The van der Waals surface area contributed by atoms with E-state index < -0.39 is 17.6 Å². The number of carbonyl (C=O) groups excluding carboxylic acids is 2. The smallest absolute Gasteiger partial charge is 0.355 e. The average Bonchev–Trinajstić information content (AvgIpc) is 3.02.